The minimum atomic E-state index is 0.247. The van der Waals surface area contributed by atoms with Crippen LogP contribution in [0, 0.1) is 5.92 Å². The molecule has 2 aliphatic rings. The Morgan fingerprint density at radius 3 is 2.56 bits per heavy atom. The van der Waals surface area contributed by atoms with Gasteiger partial charge in [0.1, 0.15) is 0 Å². The van der Waals surface area contributed by atoms with Crippen LogP contribution in [0.2, 0.25) is 0 Å². The zero-order valence-corrected chi connectivity index (χ0v) is 10.6. The third kappa shape index (κ3) is 2.18. The van der Waals surface area contributed by atoms with Crippen LogP contribution in [-0.4, -0.2) is 42.0 Å². The Morgan fingerprint density at radius 2 is 1.94 bits per heavy atom. The van der Waals surface area contributed by atoms with Gasteiger partial charge in [0.2, 0.25) is 0 Å². The number of likely N-dealkylation sites (tertiary alicyclic amines) is 1. The first-order valence-electron chi connectivity index (χ1n) is 6.75. The number of hydrogen-bond donors (Lipinski definition) is 0. The van der Waals surface area contributed by atoms with Gasteiger partial charge in [0.05, 0.1) is 0 Å². The number of amides is 2. The molecule has 3 heteroatoms. The molecule has 0 spiro atoms. The molecule has 1 unspecified atom stereocenters. The van der Waals surface area contributed by atoms with Gasteiger partial charge < -0.3 is 9.80 Å². The zero-order chi connectivity index (χ0) is 11.5. The van der Waals surface area contributed by atoms with Crippen LogP contribution in [-0.2, 0) is 0 Å². The van der Waals surface area contributed by atoms with Crippen molar-refractivity contribution in [3.05, 3.63) is 0 Å². The minimum absolute atomic E-state index is 0.247. The third-order valence-electron chi connectivity index (χ3n) is 4.29. The van der Waals surface area contributed by atoms with Crippen molar-refractivity contribution in [1.29, 1.82) is 0 Å². The van der Waals surface area contributed by atoms with Crippen LogP contribution in [0.5, 0.6) is 0 Å². The van der Waals surface area contributed by atoms with E-state index in [1.54, 1.807) is 0 Å². The molecule has 92 valence electrons. The van der Waals surface area contributed by atoms with Crippen molar-refractivity contribution in [2.45, 2.75) is 51.5 Å². The van der Waals surface area contributed by atoms with E-state index in [-0.39, 0.29) is 6.03 Å². The summed E-state index contributed by atoms with van der Waals surface area (Å²) in [6.07, 6.45) is 7.84. The number of urea groups is 1. The molecule has 1 saturated carbocycles. The molecular formula is C13H24N2O. The van der Waals surface area contributed by atoms with E-state index in [1.165, 1.54) is 38.5 Å². The molecule has 0 aromatic heterocycles. The number of hydrogen-bond acceptors (Lipinski definition) is 1. The van der Waals surface area contributed by atoms with Crippen molar-refractivity contribution in [2.75, 3.05) is 20.1 Å². The summed E-state index contributed by atoms with van der Waals surface area (Å²) >= 11 is 0. The van der Waals surface area contributed by atoms with Crippen molar-refractivity contribution in [3.8, 4) is 0 Å². The lowest BCUT2D eigenvalue weighted by Crippen LogP contribution is -2.45. The molecule has 1 aliphatic heterocycles. The van der Waals surface area contributed by atoms with Crippen molar-refractivity contribution < 1.29 is 4.79 Å². The van der Waals surface area contributed by atoms with Crippen LogP contribution in [0.25, 0.3) is 0 Å². The second kappa shape index (κ2) is 5.07. The van der Waals surface area contributed by atoms with Crippen LogP contribution in [0.1, 0.15) is 45.4 Å². The van der Waals surface area contributed by atoms with Crippen molar-refractivity contribution in [3.63, 3.8) is 0 Å². The van der Waals surface area contributed by atoms with Crippen LogP contribution in [0.3, 0.4) is 0 Å². The van der Waals surface area contributed by atoms with Gasteiger partial charge in [0.25, 0.3) is 0 Å². The first kappa shape index (κ1) is 11.7. The van der Waals surface area contributed by atoms with E-state index >= 15 is 0 Å². The van der Waals surface area contributed by atoms with Crippen LogP contribution < -0.4 is 0 Å². The Bertz CT molecular complexity index is 248. The highest BCUT2D eigenvalue weighted by Gasteiger charge is 2.36. The van der Waals surface area contributed by atoms with E-state index in [4.69, 9.17) is 0 Å². The van der Waals surface area contributed by atoms with E-state index < -0.39 is 0 Å². The minimum Gasteiger partial charge on any atom is -0.328 e. The summed E-state index contributed by atoms with van der Waals surface area (Å²) < 4.78 is 0. The molecule has 0 aromatic carbocycles. The highest BCUT2D eigenvalue weighted by Crippen LogP contribution is 2.35. The summed E-state index contributed by atoms with van der Waals surface area (Å²) in [5, 5.41) is 0. The van der Waals surface area contributed by atoms with Gasteiger partial charge in [-0.05, 0) is 38.5 Å². The smallest absolute Gasteiger partial charge is 0.319 e. The Hall–Kier alpha value is -0.730. The molecule has 0 radical (unpaired) electrons. The average molecular weight is 224 g/mol. The quantitative estimate of drug-likeness (QED) is 0.707. The molecule has 2 amide bonds. The highest BCUT2D eigenvalue weighted by molar-refractivity contribution is 5.74. The van der Waals surface area contributed by atoms with Gasteiger partial charge >= 0.3 is 6.03 Å². The second-order valence-electron chi connectivity index (χ2n) is 5.24. The molecule has 0 bridgehead atoms. The number of carbonyl (C=O) groups is 1. The average Bonchev–Trinajstić information content (AvgIpc) is 2.95. The summed E-state index contributed by atoms with van der Waals surface area (Å²) in [4.78, 5) is 16.2. The maximum Gasteiger partial charge on any atom is 0.319 e. The predicted molar refractivity (Wildman–Crippen MR) is 65.4 cm³/mol. The van der Waals surface area contributed by atoms with Gasteiger partial charge in [-0.3, -0.25) is 0 Å². The molecule has 1 aliphatic carbocycles. The molecule has 2 rings (SSSR count). The molecule has 0 aromatic rings. The Morgan fingerprint density at radius 1 is 1.25 bits per heavy atom. The maximum atomic E-state index is 12.2. The second-order valence-corrected chi connectivity index (χ2v) is 5.24. The van der Waals surface area contributed by atoms with Gasteiger partial charge in [-0.2, -0.15) is 0 Å². The van der Waals surface area contributed by atoms with Crippen molar-refractivity contribution >= 4 is 6.03 Å². The molecule has 3 nitrogen and oxygen atoms in total. The summed E-state index contributed by atoms with van der Waals surface area (Å²) in [6.45, 7) is 3.83. The lowest BCUT2D eigenvalue weighted by Gasteiger charge is -2.32. The fourth-order valence-corrected chi connectivity index (χ4v) is 3.22. The van der Waals surface area contributed by atoms with E-state index in [1.807, 2.05) is 18.9 Å². The summed E-state index contributed by atoms with van der Waals surface area (Å²) in [5.74, 6) is 0.789. The largest absolute Gasteiger partial charge is 0.328 e. The first-order valence-corrected chi connectivity index (χ1v) is 6.75. The van der Waals surface area contributed by atoms with Gasteiger partial charge in [0, 0.05) is 26.2 Å². The monoisotopic (exact) mass is 224 g/mol. The highest BCUT2D eigenvalue weighted by atomic mass is 16.2. The molecule has 1 atom stereocenters. The molecule has 0 N–H and O–H groups in total. The van der Waals surface area contributed by atoms with Gasteiger partial charge in [-0.25, -0.2) is 4.79 Å². The molecule has 16 heavy (non-hydrogen) atoms. The summed E-state index contributed by atoms with van der Waals surface area (Å²) in [6, 6.07) is 0.792. The Kier molecular flexibility index (Phi) is 3.72. The van der Waals surface area contributed by atoms with Crippen LogP contribution >= 0.6 is 0 Å². The van der Waals surface area contributed by atoms with Gasteiger partial charge in [-0.15, -0.1) is 0 Å². The molecular weight excluding hydrogens is 200 g/mol. The normalized spacial score (nSPS) is 26.4. The van der Waals surface area contributed by atoms with Gasteiger partial charge in [-0.1, -0.05) is 12.8 Å². The lowest BCUT2D eigenvalue weighted by molar-refractivity contribution is 0.143. The maximum absolute atomic E-state index is 12.2. The topological polar surface area (TPSA) is 23.6 Å². The van der Waals surface area contributed by atoms with E-state index in [0.717, 1.165) is 19.0 Å². The number of carbonyl (C=O) groups excluding carboxylic acids is 1. The Labute approximate surface area is 98.8 Å². The standard InChI is InChI=1S/C13H24N2O/c1-3-14(2)13(16)15-10-6-9-12(15)11-7-4-5-8-11/h11-12H,3-10H2,1-2H3. The first-order chi connectivity index (χ1) is 7.74. The van der Waals surface area contributed by atoms with Crippen LogP contribution in [0.15, 0.2) is 0 Å². The number of nitrogens with zero attached hydrogens (tertiary/aromatic N) is 2. The summed E-state index contributed by atoms with van der Waals surface area (Å²) in [5.41, 5.74) is 0. The van der Waals surface area contributed by atoms with Crippen LogP contribution in [0.4, 0.5) is 4.79 Å². The fourth-order valence-electron chi connectivity index (χ4n) is 3.22. The molecule has 1 saturated heterocycles. The van der Waals surface area contributed by atoms with E-state index in [9.17, 15) is 4.79 Å². The van der Waals surface area contributed by atoms with E-state index in [0.29, 0.717) is 6.04 Å². The fraction of sp³-hybridized carbons (Fsp3) is 0.923. The Balaban J connectivity index is 1.99. The van der Waals surface area contributed by atoms with Crippen molar-refractivity contribution in [2.24, 2.45) is 5.92 Å². The van der Waals surface area contributed by atoms with Gasteiger partial charge in [0.15, 0.2) is 0 Å². The van der Waals surface area contributed by atoms with Crippen molar-refractivity contribution in [1.82, 2.24) is 9.80 Å². The number of rotatable bonds is 2. The van der Waals surface area contributed by atoms with E-state index in [2.05, 4.69) is 4.90 Å². The molecule has 1 heterocycles. The molecule has 2 fully saturated rings. The SMILES string of the molecule is CCN(C)C(=O)N1CCCC1C1CCCC1. The summed E-state index contributed by atoms with van der Waals surface area (Å²) in [7, 11) is 1.91. The third-order valence-corrected chi connectivity index (χ3v) is 4.29. The zero-order valence-electron chi connectivity index (χ0n) is 10.6. The lowest BCUT2D eigenvalue weighted by atomic mass is 9.96. The predicted octanol–water partition coefficient (Wildman–Crippen LogP) is 2.71.